The number of nitrogens with two attached hydrogens (primary N) is 1. The van der Waals surface area contributed by atoms with E-state index in [0.29, 0.717) is 6.04 Å². The van der Waals surface area contributed by atoms with Crippen molar-refractivity contribution in [3.05, 3.63) is 0 Å². The normalized spacial score (nSPS) is 27.9. The maximum Gasteiger partial charge on any atom is 0.0272 e. The highest BCUT2D eigenvalue weighted by molar-refractivity contribution is 4.87. The molecule has 120 valence electrons. The predicted octanol–water partition coefficient (Wildman–Crippen LogP) is 5.13. The molecule has 2 nitrogen and oxygen atoms in total. The van der Waals surface area contributed by atoms with E-state index in [2.05, 4.69) is 25.8 Å². The summed E-state index contributed by atoms with van der Waals surface area (Å²) < 4.78 is 0. The first-order valence-electron chi connectivity index (χ1n) is 9.25. The van der Waals surface area contributed by atoms with Gasteiger partial charge in [-0.1, -0.05) is 72.1 Å². The van der Waals surface area contributed by atoms with Crippen LogP contribution in [0.5, 0.6) is 0 Å². The van der Waals surface area contributed by atoms with Gasteiger partial charge >= 0.3 is 0 Å². The van der Waals surface area contributed by atoms with Crippen molar-refractivity contribution in [3.63, 3.8) is 0 Å². The molecule has 0 aliphatic carbocycles. The molecule has 20 heavy (non-hydrogen) atoms. The van der Waals surface area contributed by atoms with Crippen molar-refractivity contribution in [3.8, 4) is 0 Å². The summed E-state index contributed by atoms with van der Waals surface area (Å²) in [6, 6.07) is 0.656. The number of rotatable bonds is 10. The van der Waals surface area contributed by atoms with Crippen LogP contribution in [0.25, 0.3) is 0 Å². The Hall–Kier alpha value is -0.0800. The summed E-state index contributed by atoms with van der Waals surface area (Å²) in [5, 5.41) is 2.19. The Balaban J connectivity index is 2.59. The van der Waals surface area contributed by atoms with E-state index in [9.17, 15) is 0 Å². The molecule has 0 saturated carbocycles. The van der Waals surface area contributed by atoms with Crippen molar-refractivity contribution in [2.45, 2.75) is 97.4 Å². The van der Waals surface area contributed by atoms with Crippen molar-refractivity contribution in [2.75, 3.05) is 6.54 Å². The third-order valence-corrected chi connectivity index (χ3v) is 5.19. The van der Waals surface area contributed by atoms with E-state index in [0.717, 1.165) is 18.4 Å². The van der Waals surface area contributed by atoms with Crippen LogP contribution in [0, 0.1) is 11.8 Å². The average Bonchev–Trinajstić information content (AvgIpc) is 2.45. The zero-order valence-corrected chi connectivity index (χ0v) is 14.2. The van der Waals surface area contributed by atoms with E-state index in [1.165, 1.54) is 70.6 Å². The molecule has 3 atom stereocenters. The Labute approximate surface area is 127 Å². The second-order valence-corrected chi connectivity index (χ2v) is 6.80. The van der Waals surface area contributed by atoms with Gasteiger partial charge in [-0.15, -0.1) is 0 Å². The van der Waals surface area contributed by atoms with Gasteiger partial charge in [-0.25, -0.2) is 5.01 Å². The SMILES string of the molecule is CCCCCC1C(CCC)CCN(N)C1CCCCC. The van der Waals surface area contributed by atoms with Crippen molar-refractivity contribution in [2.24, 2.45) is 17.7 Å². The van der Waals surface area contributed by atoms with Gasteiger partial charge in [-0.3, -0.25) is 5.84 Å². The van der Waals surface area contributed by atoms with E-state index < -0.39 is 0 Å². The lowest BCUT2D eigenvalue weighted by molar-refractivity contribution is 0.0308. The fourth-order valence-corrected chi connectivity index (χ4v) is 4.03. The van der Waals surface area contributed by atoms with E-state index >= 15 is 0 Å². The molecule has 0 aromatic heterocycles. The molecule has 2 N–H and O–H groups in total. The second-order valence-electron chi connectivity index (χ2n) is 6.80. The Bertz CT molecular complexity index is 229. The summed E-state index contributed by atoms with van der Waals surface area (Å²) in [5.41, 5.74) is 0. The number of hydrazine groups is 1. The van der Waals surface area contributed by atoms with E-state index in [1.807, 2.05) is 0 Å². The largest absolute Gasteiger partial charge is 0.269 e. The predicted molar refractivity (Wildman–Crippen MR) is 89.5 cm³/mol. The average molecular weight is 283 g/mol. The van der Waals surface area contributed by atoms with Crippen LogP contribution in [0.4, 0.5) is 0 Å². The first-order chi connectivity index (χ1) is 9.74. The summed E-state index contributed by atoms with van der Waals surface area (Å²) in [7, 11) is 0. The van der Waals surface area contributed by atoms with Crippen molar-refractivity contribution in [1.82, 2.24) is 5.01 Å². The van der Waals surface area contributed by atoms with Crippen molar-refractivity contribution in [1.29, 1.82) is 0 Å². The minimum absolute atomic E-state index is 0.656. The molecule has 1 heterocycles. The fraction of sp³-hybridized carbons (Fsp3) is 1.00. The molecule has 3 unspecified atom stereocenters. The van der Waals surface area contributed by atoms with Crippen LogP contribution in [-0.2, 0) is 0 Å². The van der Waals surface area contributed by atoms with E-state index in [4.69, 9.17) is 5.84 Å². The number of piperidine rings is 1. The molecule has 0 aromatic carbocycles. The first kappa shape index (κ1) is 18.0. The van der Waals surface area contributed by atoms with Crippen LogP contribution in [0.1, 0.15) is 91.4 Å². The number of unbranched alkanes of at least 4 members (excludes halogenated alkanes) is 4. The molecule has 1 aliphatic rings. The Kier molecular flexibility index (Phi) is 9.54. The number of hydrogen-bond acceptors (Lipinski definition) is 2. The van der Waals surface area contributed by atoms with E-state index in [1.54, 1.807) is 0 Å². The quantitative estimate of drug-likeness (QED) is 0.445. The van der Waals surface area contributed by atoms with Gasteiger partial charge in [0, 0.05) is 12.6 Å². The maximum absolute atomic E-state index is 6.35. The van der Waals surface area contributed by atoms with Crippen molar-refractivity contribution >= 4 is 0 Å². The molecule has 1 saturated heterocycles. The van der Waals surface area contributed by atoms with Crippen molar-refractivity contribution < 1.29 is 0 Å². The first-order valence-corrected chi connectivity index (χ1v) is 9.25. The minimum Gasteiger partial charge on any atom is -0.269 e. The standard InChI is InChI=1S/C18H38N2/c1-4-7-9-12-17-16(11-6-3)14-15-20(19)18(17)13-10-8-5-2/h16-18H,4-15,19H2,1-3H3. The van der Waals surface area contributed by atoms with Crippen LogP contribution in [-0.4, -0.2) is 17.6 Å². The van der Waals surface area contributed by atoms with Crippen LogP contribution in [0.15, 0.2) is 0 Å². The van der Waals surface area contributed by atoms with Gasteiger partial charge in [0.25, 0.3) is 0 Å². The molecule has 1 fully saturated rings. The highest BCUT2D eigenvalue weighted by Crippen LogP contribution is 2.36. The zero-order valence-electron chi connectivity index (χ0n) is 14.2. The number of hydrogen-bond donors (Lipinski definition) is 1. The highest BCUT2D eigenvalue weighted by atomic mass is 15.4. The summed E-state index contributed by atoms with van der Waals surface area (Å²) >= 11 is 0. The molecule has 0 spiro atoms. The second kappa shape index (κ2) is 10.6. The topological polar surface area (TPSA) is 29.3 Å². The maximum atomic E-state index is 6.35. The molecule has 0 amide bonds. The zero-order chi connectivity index (χ0) is 14.8. The Morgan fingerprint density at radius 2 is 1.50 bits per heavy atom. The van der Waals surface area contributed by atoms with Crippen LogP contribution in [0.2, 0.25) is 0 Å². The molecular weight excluding hydrogens is 244 g/mol. The lowest BCUT2D eigenvalue weighted by Gasteiger charge is -2.44. The lowest BCUT2D eigenvalue weighted by Crippen LogP contribution is -2.52. The molecule has 1 aliphatic heterocycles. The Morgan fingerprint density at radius 1 is 0.850 bits per heavy atom. The summed E-state index contributed by atoms with van der Waals surface area (Å²) in [6.45, 7) is 8.05. The van der Waals surface area contributed by atoms with Crippen LogP contribution >= 0.6 is 0 Å². The van der Waals surface area contributed by atoms with Crippen LogP contribution in [0.3, 0.4) is 0 Å². The molecule has 1 rings (SSSR count). The highest BCUT2D eigenvalue weighted by Gasteiger charge is 2.35. The summed E-state index contributed by atoms with van der Waals surface area (Å²) in [4.78, 5) is 0. The number of nitrogens with zero attached hydrogens (tertiary/aromatic N) is 1. The van der Waals surface area contributed by atoms with Gasteiger partial charge in [0.05, 0.1) is 0 Å². The van der Waals surface area contributed by atoms with Gasteiger partial charge in [-0.2, -0.15) is 0 Å². The summed E-state index contributed by atoms with van der Waals surface area (Å²) in [6.07, 6.45) is 15.0. The van der Waals surface area contributed by atoms with Crippen LogP contribution < -0.4 is 5.84 Å². The van der Waals surface area contributed by atoms with Gasteiger partial charge in [-0.05, 0) is 31.1 Å². The summed E-state index contributed by atoms with van der Waals surface area (Å²) in [5.74, 6) is 8.14. The third kappa shape index (κ3) is 5.73. The fourth-order valence-electron chi connectivity index (χ4n) is 4.03. The molecule has 0 radical (unpaired) electrons. The van der Waals surface area contributed by atoms with Gasteiger partial charge in [0.1, 0.15) is 0 Å². The molecule has 0 aromatic rings. The van der Waals surface area contributed by atoms with Gasteiger partial charge in [0.15, 0.2) is 0 Å². The third-order valence-electron chi connectivity index (χ3n) is 5.19. The molecule has 2 heteroatoms. The van der Waals surface area contributed by atoms with Gasteiger partial charge < -0.3 is 0 Å². The smallest absolute Gasteiger partial charge is 0.0272 e. The lowest BCUT2D eigenvalue weighted by atomic mass is 9.74. The Morgan fingerprint density at radius 3 is 2.10 bits per heavy atom. The minimum atomic E-state index is 0.656. The molecule has 0 bridgehead atoms. The van der Waals surface area contributed by atoms with Gasteiger partial charge in [0.2, 0.25) is 0 Å². The van der Waals surface area contributed by atoms with E-state index in [-0.39, 0.29) is 0 Å². The monoisotopic (exact) mass is 282 g/mol. The molecular formula is C18H38N2.